The molecule has 0 bridgehead atoms. The molecule has 2 N–H and O–H groups in total. The molecule has 0 aliphatic rings. The monoisotopic (exact) mass is 680 g/mol. The van der Waals surface area contributed by atoms with Crippen LogP contribution in [0.25, 0.3) is 0 Å². The van der Waals surface area contributed by atoms with Crippen molar-refractivity contribution in [1.82, 2.24) is 29.9 Å². The zero-order valence-electron chi connectivity index (χ0n) is 26.4. The van der Waals surface area contributed by atoms with Crippen LogP contribution < -0.4 is 20.1 Å². The van der Waals surface area contributed by atoms with Crippen molar-refractivity contribution >= 4 is 23.5 Å². The topological polar surface area (TPSA) is 154 Å². The van der Waals surface area contributed by atoms with E-state index < -0.39 is 11.9 Å². The van der Waals surface area contributed by atoms with E-state index in [0.29, 0.717) is 22.7 Å². The number of nitrogens with zero attached hydrogens (tertiary/aromatic N) is 6. The Bertz CT molecular complexity index is 2080. The number of alkyl halides is 3. The smallest absolute Gasteiger partial charge is 0.433 e. The number of nitrogens with one attached hydrogen (secondary N) is 2. The highest BCUT2D eigenvalue weighted by molar-refractivity contribution is 6.04. The van der Waals surface area contributed by atoms with Gasteiger partial charge in [0.25, 0.3) is 11.8 Å². The molecule has 12 nitrogen and oxygen atoms in total. The minimum absolute atomic E-state index is 0.00130. The number of aryl methyl sites for hydroxylation is 2. The number of hydrogen-bond acceptors (Lipinski definition) is 10. The summed E-state index contributed by atoms with van der Waals surface area (Å²) >= 11 is 0. The fourth-order valence-corrected chi connectivity index (χ4v) is 4.12. The van der Waals surface area contributed by atoms with E-state index in [0.717, 1.165) is 29.5 Å². The van der Waals surface area contributed by atoms with Gasteiger partial charge in [0.05, 0.1) is 37.2 Å². The fraction of sp³-hybridized carbons (Fsp3) is 0.0857. The molecule has 2 amide bonds. The maximum Gasteiger partial charge on any atom is 0.433 e. The Morgan fingerprint density at radius 2 is 1.16 bits per heavy atom. The second-order valence-electron chi connectivity index (χ2n) is 10.4. The van der Waals surface area contributed by atoms with Crippen LogP contribution in [0.15, 0.2) is 116 Å². The number of carbonyl (C=O) groups excluding carboxylic acids is 2. The molecule has 0 unspecified atom stereocenters. The summed E-state index contributed by atoms with van der Waals surface area (Å²) < 4.78 is 48.4. The quantitative estimate of drug-likeness (QED) is 0.165. The Morgan fingerprint density at radius 1 is 0.620 bits per heavy atom. The van der Waals surface area contributed by atoms with Gasteiger partial charge < -0.3 is 20.1 Å². The van der Waals surface area contributed by atoms with Crippen LogP contribution >= 0.6 is 0 Å². The molecule has 50 heavy (non-hydrogen) atoms. The molecule has 0 aliphatic carbocycles. The molecule has 0 spiro atoms. The number of carbonyl (C=O) groups is 2. The van der Waals surface area contributed by atoms with Crippen LogP contribution in [0, 0.1) is 13.8 Å². The second kappa shape index (κ2) is 15.9. The van der Waals surface area contributed by atoms with Crippen LogP contribution in [0.1, 0.15) is 37.5 Å². The van der Waals surface area contributed by atoms with Crippen LogP contribution in [-0.2, 0) is 6.18 Å². The van der Waals surface area contributed by atoms with E-state index in [9.17, 15) is 22.8 Å². The zero-order chi connectivity index (χ0) is 35.5. The molecule has 0 saturated carbocycles. The molecule has 6 rings (SSSR count). The molecular weight excluding hydrogens is 653 g/mol. The summed E-state index contributed by atoms with van der Waals surface area (Å²) in [6.07, 6.45) is 5.14. The van der Waals surface area contributed by atoms with Gasteiger partial charge in [-0.3, -0.25) is 24.5 Å². The first-order chi connectivity index (χ1) is 24.0. The van der Waals surface area contributed by atoms with Gasteiger partial charge in [-0.2, -0.15) is 23.1 Å². The standard InChI is InChI=1S/C18H13F3N4O2.C17H14N4O2/c1-11-3-2-4-12(7-11)17(26)25-15-9-22-10-16(24-15)27-13-5-6-14(23-8-13)18(19,20)21;1-12-4-2-5-13(8-12)17(22)21-15-10-19-11-16(20-15)23-14-6-3-7-18-9-14/h2-10H,1H3,(H,24,25,26);2-11H,1H3,(H,20,21,22). The number of ether oxygens (including phenoxy) is 2. The maximum absolute atomic E-state index is 12.5. The highest BCUT2D eigenvalue weighted by Crippen LogP contribution is 2.29. The Labute approximate surface area is 283 Å². The van der Waals surface area contributed by atoms with Crippen LogP contribution in [0.5, 0.6) is 23.3 Å². The third-order valence-electron chi connectivity index (χ3n) is 6.37. The first kappa shape index (κ1) is 34.6. The Balaban J connectivity index is 0.000000197. The molecular formula is C35H27F3N8O4. The highest BCUT2D eigenvalue weighted by atomic mass is 19.4. The molecule has 2 aromatic carbocycles. The van der Waals surface area contributed by atoms with Crippen molar-refractivity contribution in [2.75, 3.05) is 10.6 Å². The van der Waals surface area contributed by atoms with Gasteiger partial charge in [-0.05, 0) is 62.4 Å². The Kier molecular flexibility index (Phi) is 11.0. The fourth-order valence-electron chi connectivity index (χ4n) is 4.12. The van der Waals surface area contributed by atoms with Crippen molar-refractivity contribution in [2.45, 2.75) is 20.0 Å². The van der Waals surface area contributed by atoms with Gasteiger partial charge >= 0.3 is 6.18 Å². The lowest BCUT2D eigenvalue weighted by molar-refractivity contribution is -0.141. The lowest BCUT2D eigenvalue weighted by Gasteiger charge is -2.09. The lowest BCUT2D eigenvalue weighted by atomic mass is 10.1. The summed E-state index contributed by atoms with van der Waals surface area (Å²) in [5.74, 6) is 0.710. The maximum atomic E-state index is 12.5. The number of pyridine rings is 2. The van der Waals surface area contributed by atoms with Crippen molar-refractivity contribution in [3.63, 3.8) is 0 Å². The van der Waals surface area contributed by atoms with E-state index in [1.54, 1.807) is 54.9 Å². The average Bonchev–Trinajstić information content (AvgIpc) is 3.09. The van der Waals surface area contributed by atoms with Crippen LogP contribution in [0.2, 0.25) is 0 Å². The van der Waals surface area contributed by atoms with Gasteiger partial charge in [-0.25, -0.2) is 4.98 Å². The van der Waals surface area contributed by atoms with E-state index >= 15 is 0 Å². The first-order valence-electron chi connectivity index (χ1n) is 14.7. The molecule has 0 fully saturated rings. The number of aromatic nitrogens is 6. The average molecular weight is 681 g/mol. The minimum Gasteiger partial charge on any atom is -0.436 e. The van der Waals surface area contributed by atoms with E-state index in [1.165, 1.54) is 24.8 Å². The zero-order valence-corrected chi connectivity index (χ0v) is 26.4. The number of rotatable bonds is 8. The number of halogens is 3. The van der Waals surface area contributed by atoms with Gasteiger partial charge in [-0.15, -0.1) is 0 Å². The third kappa shape index (κ3) is 10.1. The number of hydrogen-bond donors (Lipinski definition) is 2. The van der Waals surface area contributed by atoms with E-state index in [2.05, 4.69) is 40.5 Å². The molecule has 4 heterocycles. The summed E-state index contributed by atoms with van der Waals surface area (Å²) in [4.78, 5) is 47.9. The van der Waals surface area contributed by atoms with Crippen molar-refractivity contribution in [2.24, 2.45) is 0 Å². The molecule has 252 valence electrons. The summed E-state index contributed by atoms with van der Waals surface area (Å²) in [5.41, 5.74) is 1.93. The Hall–Kier alpha value is -6.77. The molecule has 15 heteroatoms. The van der Waals surface area contributed by atoms with Crippen molar-refractivity contribution in [1.29, 1.82) is 0 Å². The van der Waals surface area contributed by atoms with Gasteiger partial charge in [-0.1, -0.05) is 35.4 Å². The number of anilines is 2. The predicted molar refractivity (Wildman–Crippen MR) is 176 cm³/mol. The SMILES string of the molecule is Cc1cccc(C(=O)Nc2cncc(Oc3ccc(C(F)(F)F)nc3)n2)c1.Cc1cccc(C(=O)Nc2cncc(Oc3cccnc3)n2)c1. The number of benzene rings is 2. The summed E-state index contributed by atoms with van der Waals surface area (Å²) in [7, 11) is 0. The van der Waals surface area contributed by atoms with Gasteiger partial charge in [0.2, 0.25) is 11.8 Å². The summed E-state index contributed by atoms with van der Waals surface area (Å²) in [5, 5.41) is 5.29. The summed E-state index contributed by atoms with van der Waals surface area (Å²) in [6, 6.07) is 19.7. The third-order valence-corrected chi connectivity index (χ3v) is 6.37. The highest BCUT2D eigenvalue weighted by Gasteiger charge is 2.32. The van der Waals surface area contributed by atoms with Crippen molar-refractivity contribution in [3.8, 4) is 23.3 Å². The van der Waals surface area contributed by atoms with Crippen LogP contribution in [-0.4, -0.2) is 41.7 Å². The van der Waals surface area contributed by atoms with Crippen molar-refractivity contribution < 1.29 is 32.2 Å². The van der Waals surface area contributed by atoms with Crippen molar-refractivity contribution in [3.05, 3.63) is 144 Å². The van der Waals surface area contributed by atoms with E-state index in [4.69, 9.17) is 9.47 Å². The van der Waals surface area contributed by atoms with Gasteiger partial charge in [0.1, 0.15) is 17.2 Å². The largest absolute Gasteiger partial charge is 0.436 e. The lowest BCUT2D eigenvalue weighted by Crippen LogP contribution is -2.13. The van der Waals surface area contributed by atoms with Crippen LogP contribution in [0.4, 0.5) is 24.8 Å². The predicted octanol–water partition coefficient (Wildman–Crippen LogP) is 7.47. The van der Waals surface area contributed by atoms with E-state index in [1.807, 2.05) is 32.0 Å². The van der Waals surface area contributed by atoms with E-state index in [-0.39, 0.29) is 35.1 Å². The molecule has 6 aromatic rings. The first-order valence-corrected chi connectivity index (χ1v) is 14.7. The van der Waals surface area contributed by atoms with Crippen LogP contribution in [0.3, 0.4) is 0 Å². The molecule has 0 radical (unpaired) electrons. The van der Waals surface area contributed by atoms with Gasteiger partial charge in [0.15, 0.2) is 11.6 Å². The molecule has 0 saturated heterocycles. The summed E-state index contributed by atoms with van der Waals surface area (Å²) in [6.45, 7) is 3.79. The second-order valence-corrected chi connectivity index (χ2v) is 10.4. The molecule has 4 aromatic heterocycles. The molecule has 0 aliphatic heterocycles. The minimum atomic E-state index is -4.53. The number of amides is 2. The van der Waals surface area contributed by atoms with Gasteiger partial charge in [0, 0.05) is 17.3 Å². The normalized spacial score (nSPS) is 10.7. The Morgan fingerprint density at radius 3 is 1.60 bits per heavy atom. The molecule has 0 atom stereocenters.